The van der Waals surface area contributed by atoms with E-state index in [9.17, 15) is 25.5 Å². The van der Waals surface area contributed by atoms with Gasteiger partial charge in [-0.3, -0.25) is 0 Å². The van der Waals surface area contributed by atoms with Gasteiger partial charge in [0.2, 0.25) is 0 Å². The Hall–Kier alpha value is -0.540. The molecule has 0 unspecified atom stereocenters. The zero-order valence-electron chi connectivity index (χ0n) is 24.6. The number of ether oxygens (including phenoxy) is 2. The van der Waals surface area contributed by atoms with Crippen LogP contribution in [-0.2, 0) is 9.47 Å². The van der Waals surface area contributed by atoms with Gasteiger partial charge >= 0.3 is 0 Å². The molecule has 12 atom stereocenters. The summed E-state index contributed by atoms with van der Waals surface area (Å²) < 4.78 is 11.6. The summed E-state index contributed by atoms with van der Waals surface area (Å²) in [6, 6.07) is 0. The molecule has 0 bridgehead atoms. The van der Waals surface area contributed by atoms with Crippen LogP contribution >= 0.6 is 0 Å². The van der Waals surface area contributed by atoms with Crippen molar-refractivity contribution in [1.82, 2.24) is 0 Å². The summed E-state index contributed by atoms with van der Waals surface area (Å²) in [5.41, 5.74) is 0.910. The van der Waals surface area contributed by atoms with Crippen LogP contribution in [0.4, 0.5) is 0 Å². The van der Waals surface area contributed by atoms with E-state index in [-0.39, 0.29) is 24.7 Å². The summed E-state index contributed by atoms with van der Waals surface area (Å²) in [6.07, 6.45) is 9.27. The highest BCUT2D eigenvalue weighted by atomic mass is 16.7. The summed E-state index contributed by atoms with van der Waals surface area (Å²) in [5, 5.41) is 51.2. The molecule has 7 nitrogen and oxygen atoms in total. The highest BCUT2D eigenvalue weighted by molar-refractivity contribution is 5.27. The summed E-state index contributed by atoms with van der Waals surface area (Å²) in [6.45, 7) is 8.96. The molecule has 0 radical (unpaired) electrons. The predicted octanol–water partition coefficient (Wildman–Crippen LogP) is 3.94. The maximum absolute atomic E-state index is 10.9. The first-order chi connectivity index (χ1) is 18.4. The summed E-state index contributed by atoms with van der Waals surface area (Å²) >= 11 is 0. The van der Waals surface area contributed by atoms with Gasteiger partial charge in [-0.05, 0) is 107 Å². The van der Waals surface area contributed by atoms with Gasteiger partial charge in [0.05, 0.1) is 24.9 Å². The molecule has 4 aliphatic carbocycles. The van der Waals surface area contributed by atoms with Crippen LogP contribution in [0.1, 0.15) is 98.3 Å². The Morgan fingerprint density at radius 1 is 1.08 bits per heavy atom. The van der Waals surface area contributed by atoms with Gasteiger partial charge in [0.25, 0.3) is 0 Å². The first-order valence-electron chi connectivity index (χ1n) is 15.7. The van der Waals surface area contributed by atoms with Gasteiger partial charge in [-0.25, -0.2) is 0 Å². The molecule has 4 fully saturated rings. The number of aliphatic hydroxyl groups excluding tert-OH is 4. The minimum Gasteiger partial charge on any atom is -0.395 e. The van der Waals surface area contributed by atoms with Gasteiger partial charge in [0, 0.05) is 5.41 Å². The molecule has 5 aliphatic rings. The maximum Gasteiger partial charge on any atom is 0.186 e. The number of rotatable bonds is 8. The molecule has 224 valence electrons. The smallest absolute Gasteiger partial charge is 0.186 e. The third-order valence-electron chi connectivity index (χ3n) is 12.1. The summed E-state index contributed by atoms with van der Waals surface area (Å²) in [5.74, 6) is 3.22. The van der Waals surface area contributed by atoms with Gasteiger partial charge < -0.3 is 35.0 Å². The quantitative estimate of drug-likeness (QED) is 0.291. The van der Waals surface area contributed by atoms with Crippen molar-refractivity contribution in [3.8, 4) is 0 Å². The van der Waals surface area contributed by atoms with Crippen molar-refractivity contribution in [2.75, 3.05) is 13.2 Å². The lowest BCUT2D eigenvalue weighted by Gasteiger charge is -2.59. The molecule has 3 saturated carbocycles. The molecule has 0 aromatic carbocycles. The van der Waals surface area contributed by atoms with E-state index in [1.165, 1.54) is 37.7 Å². The van der Waals surface area contributed by atoms with Crippen LogP contribution in [-0.4, -0.2) is 75.1 Å². The number of fused-ring (bicyclic) bond motifs is 5. The van der Waals surface area contributed by atoms with E-state index < -0.39 is 30.2 Å². The molecular weight excluding hydrogens is 496 g/mol. The molecule has 1 aliphatic heterocycles. The second kappa shape index (κ2) is 11.3. The van der Waals surface area contributed by atoms with Crippen LogP contribution in [0, 0.1) is 40.4 Å². The van der Waals surface area contributed by atoms with Crippen LogP contribution in [0.15, 0.2) is 11.6 Å². The van der Waals surface area contributed by atoms with Crippen LogP contribution < -0.4 is 0 Å². The number of hydrogen-bond donors (Lipinski definition) is 5. The second-order valence-corrected chi connectivity index (χ2v) is 14.8. The largest absolute Gasteiger partial charge is 0.395 e. The molecule has 1 heterocycles. The van der Waals surface area contributed by atoms with Crippen molar-refractivity contribution in [2.24, 2.45) is 40.4 Å². The average Bonchev–Trinajstić information content (AvgIpc) is 3.25. The van der Waals surface area contributed by atoms with Crippen LogP contribution in [0.3, 0.4) is 0 Å². The maximum atomic E-state index is 10.9. The monoisotopic (exact) mass is 550 g/mol. The van der Waals surface area contributed by atoms with Crippen LogP contribution in [0.25, 0.3) is 0 Å². The Bertz CT molecular complexity index is 884. The van der Waals surface area contributed by atoms with E-state index in [2.05, 4.69) is 19.9 Å². The Balaban J connectivity index is 1.26. The Labute approximate surface area is 235 Å². The fraction of sp³-hybridized carbons (Fsp3) is 0.938. The molecule has 0 aromatic rings. The molecule has 0 amide bonds. The lowest BCUT2D eigenvalue weighted by molar-refractivity contribution is -0.285. The zero-order chi connectivity index (χ0) is 28.2. The van der Waals surface area contributed by atoms with Gasteiger partial charge in [0.1, 0.15) is 18.3 Å². The standard InChI is InChI=1S/C32H54O7/c1-19(6-5-13-30(2,3)37)23-9-10-24-22-8-7-20-16-21(39-29-28(36)27(35)26(34)17-38-29)11-15-32(20,18-33)25(22)12-14-31(23,24)4/h7,19,21-29,33-37H,5-6,8-18H2,1-4H3/t19-,21+,22-,23-,24-,25-,26-,27-,28+,29+,31-,32-/m1/s1. The third-order valence-corrected chi connectivity index (χ3v) is 12.1. The van der Waals surface area contributed by atoms with Crippen LogP contribution in [0.2, 0.25) is 0 Å². The first kappa shape index (κ1) is 29.9. The van der Waals surface area contributed by atoms with Crippen molar-refractivity contribution >= 4 is 0 Å². The predicted molar refractivity (Wildman–Crippen MR) is 149 cm³/mol. The lowest BCUT2D eigenvalue weighted by Crippen LogP contribution is -2.56. The highest BCUT2D eigenvalue weighted by Gasteiger charge is 2.60. The average molecular weight is 551 g/mol. The van der Waals surface area contributed by atoms with Gasteiger partial charge in [-0.15, -0.1) is 0 Å². The minimum absolute atomic E-state index is 0.0537. The fourth-order valence-corrected chi connectivity index (χ4v) is 9.96. The van der Waals surface area contributed by atoms with Crippen molar-refractivity contribution in [3.05, 3.63) is 11.6 Å². The van der Waals surface area contributed by atoms with Crippen LogP contribution in [0.5, 0.6) is 0 Å². The SMILES string of the molecule is C[C@H](CCCC(C)(C)O)[C@H]1CC[C@@H]2[C@H]3CC=C4C[C@@H](O[C@@H]5OC[C@@H](O)[C@@H](O)[C@@H]5O)CC[C@]4(CO)[C@@H]3CC[C@@]21C. The summed E-state index contributed by atoms with van der Waals surface area (Å²) in [7, 11) is 0. The summed E-state index contributed by atoms with van der Waals surface area (Å²) in [4.78, 5) is 0. The van der Waals surface area contributed by atoms with Crippen molar-refractivity contribution < 1.29 is 35.0 Å². The van der Waals surface area contributed by atoms with Crippen molar-refractivity contribution in [1.29, 1.82) is 0 Å². The molecule has 39 heavy (non-hydrogen) atoms. The van der Waals surface area contributed by atoms with E-state index in [1.54, 1.807) is 0 Å². The number of hydrogen-bond acceptors (Lipinski definition) is 7. The zero-order valence-corrected chi connectivity index (χ0v) is 24.6. The topological polar surface area (TPSA) is 120 Å². The molecule has 0 spiro atoms. The minimum atomic E-state index is -1.27. The van der Waals surface area contributed by atoms with E-state index in [1.807, 2.05) is 13.8 Å². The van der Waals surface area contributed by atoms with Gasteiger partial charge in [-0.2, -0.15) is 0 Å². The normalized spacial score (nSPS) is 47.1. The molecule has 5 rings (SSSR count). The Kier molecular flexibility index (Phi) is 8.65. The van der Waals surface area contributed by atoms with Gasteiger partial charge in [-0.1, -0.05) is 38.3 Å². The van der Waals surface area contributed by atoms with E-state index in [0.717, 1.165) is 44.4 Å². The molecule has 1 saturated heterocycles. The van der Waals surface area contributed by atoms with Gasteiger partial charge in [0.15, 0.2) is 6.29 Å². The van der Waals surface area contributed by atoms with E-state index >= 15 is 0 Å². The Morgan fingerprint density at radius 2 is 1.85 bits per heavy atom. The molecular formula is C32H54O7. The number of allylic oxidation sites excluding steroid dienone is 1. The Morgan fingerprint density at radius 3 is 2.56 bits per heavy atom. The lowest BCUT2D eigenvalue weighted by atomic mass is 9.46. The number of aliphatic hydroxyl groups is 5. The molecule has 5 N–H and O–H groups in total. The van der Waals surface area contributed by atoms with E-state index in [4.69, 9.17) is 9.47 Å². The first-order valence-corrected chi connectivity index (χ1v) is 15.7. The fourth-order valence-electron chi connectivity index (χ4n) is 9.96. The van der Waals surface area contributed by atoms with E-state index in [0.29, 0.717) is 29.1 Å². The van der Waals surface area contributed by atoms with Crippen molar-refractivity contribution in [2.45, 2.75) is 135 Å². The van der Waals surface area contributed by atoms with Crippen molar-refractivity contribution in [3.63, 3.8) is 0 Å². The highest BCUT2D eigenvalue weighted by Crippen LogP contribution is 2.67. The molecule has 0 aromatic heterocycles. The third kappa shape index (κ3) is 5.51. The second-order valence-electron chi connectivity index (χ2n) is 14.8. The molecule has 7 heteroatoms.